The number of aliphatic hydroxyl groups is 1. The first-order valence-corrected chi connectivity index (χ1v) is 7.43. The molecule has 1 aromatic rings. The molecule has 0 radical (unpaired) electrons. The van der Waals surface area contributed by atoms with E-state index in [1.807, 2.05) is 0 Å². The highest BCUT2D eigenvalue weighted by Gasteiger charge is 2.28. The van der Waals surface area contributed by atoms with Crippen LogP contribution in [0.25, 0.3) is 0 Å². The minimum Gasteiger partial charge on any atom is -0.389 e. The van der Waals surface area contributed by atoms with Gasteiger partial charge in [-0.2, -0.15) is 0 Å². The molecule has 1 saturated carbocycles. The molecule has 3 heteroatoms. The molecule has 0 bridgehead atoms. The second-order valence-electron chi connectivity index (χ2n) is 5.02. The van der Waals surface area contributed by atoms with Gasteiger partial charge in [-0.05, 0) is 53.1 Å². The van der Waals surface area contributed by atoms with Crippen molar-refractivity contribution in [2.24, 2.45) is 0 Å². The fourth-order valence-corrected chi connectivity index (χ4v) is 2.79. The van der Waals surface area contributed by atoms with Gasteiger partial charge in [-0.15, -0.1) is 0 Å². The molecular weight excluding hydrogens is 325 g/mol. The fraction of sp³-hybridized carbons (Fsp3) is 0.571. The Morgan fingerprint density at radius 1 is 1.12 bits per heavy atom. The van der Waals surface area contributed by atoms with Crippen molar-refractivity contribution in [3.05, 3.63) is 33.4 Å². The summed E-state index contributed by atoms with van der Waals surface area (Å²) >= 11 is 2.31. The molecule has 0 atom stereocenters. The first-order chi connectivity index (χ1) is 8.18. The molecule has 0 aliphatic heterocycles. The summed E-state index contributed by atoms with van der Waals surface area (Å²) in [7, 11) is 0. The number of rotatable bonds is 4. The van der Waals surface area contributed by atoms with Gasteiger partial charge in [0.25, 0.3) is 0 Å². The van der Waals surface area contributed by atoms with Gasteiger partial charge in [0.15, 0.2) is 0 Å². The summed E-state index contributed by atoms with van der Waals surface area (Å²) in [5.41, 5.74) is 0.825. The molecule has 17 heavy (non-hydrogen) atoms. The molecule has 1 fully saturated rings. The third-order valence-corrected chi connectivity index (χ3v) is 4.20. The predicted molar refractivity (Wildman–Crippen MR) is 78.9 cm³/mol. The van der Waals surface area contributed by atoms with Gasteiger partial charge in [0.05, 0.1) is 5.60 Å². The van der Waals surface area contributed by atoms with Crippen molar-refractivity contribution < 1.29 is 5.11 Å². The summed E-state index contributed by atoms with van der Waals surface area (Å²) in [5.74, 6) is 0. The Bertz CT molecular complexity index is 344. The molecule has 0 saturated heterocycles. The minimum absolute atomic E-state index is 0.457. The zero-order valence-electron chi connectivity index (χ0n) is 10.1. The first-order valence-electron chi connectivity index (χ1n) is 6.36. The number of nitrogens with one attached hydrogen (secondary N) is 1. The Labute approximate surface area is 117 Å². The van der Waals surface area contributed by atoms with Crippen molar-refractivity contribution in [2.75, 3.05) is 6.54 Å². The van der Waals surface area contributed by atoms with Crippen LogP contribution in [-0.4, -0.2) is 17.3 Å². The lowest BCUT2D eigenvalue weighted by molar-refractivity contribution is 0.00468. The lowest BCUT2D eigenvalue weighted by Gasteiger charge is -2.32. The molecule has 2 nitrogen and oxygen atoms in total. The van der Waals surface area contributed by atoms with Crippen LogP contribution in [0.5, 0.6) is 0 Å². The summed E-state index contributed by atoms with van der Waals surface area (Å²) in [4.78, 5) is 0. The van der Waals surface area contributed by atoms with Gasteiger partial charge >= 0.3 is 0 Å². The molecule has 2 rings (SSSR count). The van der Waals surface area contributed by atoms with Crippen LogP contribution in [0.3, 0.4) is 0 Å². The summed E-state index contributed by atoms with van der Waals surface area (Å²) < 4.78 is 1.26. The normalized spacial score (nSPS) is 19.2. The van der Waals surface area contributed by atoms with E-state index in [9.17, 15) is 5.11 Å². The molecule has 0 amide bonds. The monoisotopic (exact) mass is 345 g/mol. The maximum atomic E-state index is 10.3. The van der Waals surface area contributed by atoms with E-state index >= 15 is 0 Å². The SMILES string of the molecule is OC1(CNCc2ccc(I)cc2)CCCCC1. The summed E-state index contributed by atoms with van der Waals surface area (Å²) in [6.45, 7) is 1.57. The van der Waals surface area contributed by atoms with Crippen molar-refractivity contribution in [3.63, 3.8) is 0 Å². The lowest BCUT2D eigenvalue weighted by atomic mass is 9.85. The smallest absolute Gasteiger partial charge is 0.0771 e. The topological polar surface area (TPSA) is 32.3 Å². The molecule has 0 aromatic heterocycles. The van der Waals surface area contributed by atoms with Crippen molar-refractivity contribution in [1.82, 2.24) is 5.32 Å². The van der Waals surface area contributed by atoms with Crippen LogP contribution in [0, 0.1) is 3.57 Å². The molecular formula is C14H20INO. The average molecular weight is 345 g/mol. The van der Waals surface area contributed by atoms with Gasteiger partial charge in [-0.1, -0.05) is 31.4 Å². The second-order valence-corrected chi connectivity index (χ2v) is 6.26. The van der Waals surface area contributed by atoms with Gasteiger partial charge in [-0.3, -0.25) is 0 Å². The van der Waals surface area contributed by atoms with Crippen molar-refractivity contribution in [1.29, 1.82) is 0 Å². The molecule has 1 aromatic carbocycles. The van der Waals surface area contributed by atoms with Crippen LogP contribution in [-0.2, 0) is 6.54 Å². The zero-order valence-corrected chi connectivity index (χ0v) is 12.2. The van der Waals surface area contributed by atoms with Crippen LogP contribution in [0.4, 0.5) is 0 Å². The van der Waals surface area contributed by atoms with Gasteiger partial charge in [0.1, 0.15) is 0 Å². The van der Waals surface area contributed by atoms with E-state index < -0.39 is 5.60 Å². The molecule has 0 heterocycles. The Hall–Kier alpha value is -0.130. The Morgan fingerprint density at radius 3 is 2.41 bits per heavy atom. The van der Waals surface area contributed by atoms with E-state index in [2.05, 4.69) is 52.2 Å². The van der Waals surface area contributed by atoms with Gasteiger partial charge in [0, 0.05) is 16.7 Å². The predicted octanol–water partition coefficient (Wildman–Crippen LogP) is 3.08. The summed E-state index contributed by atoms with van der Waals surface area (Å²) in [5, 5.41) is 13.7. The van der Waals surface area contributed by atoms with Crippen LogP contribution < -0.4 is 5.32 Å². The zero-order chi connectivity index (χ0) is 12.1. The molecule has 0 spiro atoms. The second kappa shape index (κ2) is 6.16. The molecule has 1 aliphatic carbocycles. The van der Waals surface area contributed by atoms with Crippen LogP contribution >= 0.6 is 22.6 Å². The van der Waals surface area contributed by atoms with E-state index in [0.29, 0.717) is 0 Å². The third-order valence-electron chi connectivity index (χ3n) is 3.48. The largest absolute Gasteiger partial charge is 0.389 e. The van der Waals surface area contributed by atoms with Crippen LogP contribution in [0.2, 0.25) is 0 Å². The van der Waals surface area contributed by atoms with Gasteiger partial charge < -0.3 is 10.4 Å². The third kappa shape index (κ3) is 4.23. The number of hydrogen-bond donors (Lipinski definition) is 2. The average Bonchev–Trinajstić information content (AvgIpc) is 2.32. The van der Waals surface area contributed by atoms with E-state index in [1.165, 1.54) is 28.4 Å². The van der Waals surface area contributed by atoms with Crippen molar-refractivity contribution >= 4 is 22.6 Å². The molecule has 2 N–H and O–H groups in total. The van der Waals surface area contributed by atoms with E-state index in [-0.39, 0.29) is 0 Å². The highest BCUT2D eigenvalue weighted by atomic mass is 127. The standard InChI is InChI=1S/C14H20INO/c15-13-6-4-12(5-7-13)10-16-11-14(17)8-2-1-3-9-14/h4-7,16-17H,1-3,8-11H2. The molecule has 0 unspecified atom stereocenters. The van der Waals surface area contributed by atoms with E-state index in [4.69, 9.17) is 0 Å². The van der Waals surface area contributed by atoms with Crippen LogP contribution in [0.1, 0.15) is 37.7 Å². The van der Waals surface area contributed by atoms with E-state index in [1.54, 1.807) is 0 Å². The first kappa shape index (κ1) is 13.3. The van der Waals surface area contributed by atoms with E-state index in [0.717, 1.165) is 25.9 Å². The summed E-state index contributed by atoms with van der Waals surface area (Å²) in [6, 6.07) is 8.51. The molecule has 1 aliphatic rings. The van der Waals surface area contributed by atoms with Crippen LogP contribution in [0.15, 0.2) is 24.3 Å². The quantitative estimate of drug-likeness (QED) is 0.822. The minimum atomic E-state index is -0.457. The maximum absolute atomic E-state index is 10.3. The number of halogens is 1. The lowest BCUT2D eigenvalue weighted by Crippen LogP contribution is -2.41. The Kier molecular flexibility index (Phi) is 4.82. The van der Waals surface area contributed by atoms with Crippen molar-refractivity contribution in [2.45, 2.75) is 44.2 Å². The Balaban J connectivity index is 1.77. The summed E-state index contributed by atoms with van der Waals surface area (Å²) in [6.07, 6.45) is 5.52. The van der Waals surface area contributed by atoms with Gasteiger partial charge in [-0.25, -0.2) is 0 Å². The maximum Gasteiger partial charge on any atom is 0.0771 e. The van der Waals surface area contributed by atoms with Crippen molar-refractivity contribution in [3.8, 4) is 0 Å². The fourth-order valence-electron chi connectivity index (χ4n) is 2.43. The highest BCUT2D eigenvalue weighted by molar-refractivity contribution is 14.1. The van der Waals surface area contributed by atoms with Gasteiger partial charge in [0.2, 0.25) is 0 Å². The molecule has 94 valence electrons. The number of hydrogen-bond acceptors (Lipinski definition) is 2. The Morgan fingerprint density at radius 2 is 1.76 bits per heavy atom. The number of benzene rings is 1. The highest BCUT2D eigenvalue weighted by Crippen LogP contribution is 2.27.